The van der Waals surface area contributed by atoms with E-state index in [4.69, 9.17) is 18.0 Å². The molecule has 0 spiro atoms. The lowest BCUT2D eigenvalue weighted by atomic mass is 9.95. The predicted molar refractivity (Wildman–Crippen MR) is 67.6 cm³/mol. The van der Waals surface area contributed by atoms with Crippen LogP contribution in [0.1, 0.15) is 40.5 Å². The van der Waals surface area contributed by atoms with Crippen LogP contribution in [0.15, 0.2) is 0 Å². The van der Waals surface area contributed by atoms with Crippen molar-refractivity contribution in [1.82, 2.24) is 4.90 Å². The molecular weight excluding hydrogens is 192 g/mol. The zero-order valence-corrected chi connectivity index (χ0v) is 10.9. The van der Waals surface area contributed by atoms with E-state index in [-0.39, 0.29) is 0 Å². The molecule has 0 aromatic carbocycles. The van der Waals surface area contributed by atoms with Gasteiger partial charge in [-0.2, -0.15) is 0 Å². The molecule has 1 unspecified atom stereocenters. The number of rotatable bonds is 5. The zero-order chi connectivity index (χ0) is 11.4. The summed E-state index contributed by atoms with van der Waals surface area (Å²) in [6, 6.07) is 0.492. The number of thiocarbonyl (C=S) groups is 1. The third kappa shape index (κ3) is 6.33. The fourth-order valence-electron chi connectivity index (χ4n) is 1.72. The van der Waals surface area contributed by atoms with E-state index in [0.717, 1.165) is 19.4 Å². The maximum atomic E-state index is 5.58. The van der Waals surface area contributed by atoms with Gasteiger partial charge in [-0.05, 0) is 18.9 Å². The molecule has 0 amide bonds. The topological polar surface area (TPSA) is 29.3 Å². The van der Waals surface area contributed by atoms with E-state index < -0.39 is 0 Å². The van der Waals surface area contributed by atoms with Crippen LogP contribution in [0.5, 0.6) is 0 Å². The lowest BCUT2D eigenvalue weighted by Crippen LogP contribution is -2.39. The SMILES string of the molecule is CCC(CC(N)=S)N(C)CC(C)(C)C. The van der Waals surface area contributed by atoms with Crippen LogP contribution in [0, 0.1) is 5.41 Å². The van der Waals surface area contributed by atoms with E-state index in [9.17, 15) is 0 Å². The Morgan fingerprint density at radius 2 is 1.93 bits per heavy atom. The van der Waals surface area contributed by atoms with Gasteiger partial charge < -0.3 is 10.6 Å². The van der Waals surface area contributed by atoms with Crippen LogP contribution in [-0.4, -0.2) is 29.5 Å². The van der Waals surface area contributed by atoms with Crippen LogP contribution < -0.4 is 5.73 Å². The first-order valence-corrected chi connectivity index (χ1v) is 5.65. The van der Waals surface area contributed by atoms with Gasteiger partial charge in [0.05, 0.1) is 4.99 Å². The van der Waals surface area contributed by atoms with Crippen LogP contribution >= 0.6 is 12.2 Å². The Morgan fingerprint density at radius 3 is 2.21 bits per heavy atom. The van der Waals surface area contributed by atoms with E-state index >= 15 is 0 Å². The van der Waals surface area contributed by atoms with Gasteiger partial charge in [-0.25, -0.2) is 0 Å². The number of hydrogen-bond donors (Lipinski definition) is 1. The highest BCUT2D eigenvalue weighted by Gasteiger charge is 2.19. The average Bonchev–Trinajstić information content (AvgIpc) is 1.96. The van der Waals surface area contributed by atoms with E-state index in [0.29, 0.717) is 16.4 Å². The van der Waals surface area contributed by atoms with Gasteiger partial charge in [0.2, 0.25) is 0 Å². The second-order valence-corrected chi connectivity index (χ2v) is 5.73. The summed E-state index contributed by atoms with van der Waals surface area (Å²) in [4.78, 5) is 2.98. The largest absolute Gasteiger partial charge is 0.393 e. The molecule has 0 rings (SSSR count). The Bertz CT molecular complexity index is 184. The molecule has 0 aromatic rings. The molecule has 1 atom stereocenters. The molecule has 84 valence electrons. The van der Waals surface area contributed by atoms with Crippen molar-refractivity contribution in [3.63, 3.8) is 0 Å². The molecule has 0 heterocycles. The number of nitrogens with zero attached hydrogens (tertiary/aromatic N) is 1. The normalized spacial score (nSPS) is 14.4. The third-order valence-corrected chi connectivity index (χ3v) is 2.42. The summed E-state index contributed by atoms with van der Waals surface area (Å²) in [6.07, 6.45) is 1.93. The van der Waals surface area contributed by atoms with Crippen molar-refractivity contribution in [2.45, 2.75) is 46.6 Å². The number of nitrogens with two attached hydrogens (primary N) is 1. The quantitative estimate of drug-likeness (QED) is 0.716. The summed E-state index contributed by atoms with van der Waals surface area (Å²) in [5, 5.41) is 0. The van der Waals surface area contributed by atoms with Crippen molar-refractivity contribution >= 4 is 17.2 Å². The Hall–Kier alpha value is -0.150. The van der Waals surface area contributed by atoms with Gasteiger partial charge in [-0.15, -0.1) is 0 Å². The number of hydrogen-bond acceptors (Lipinski definition) is 2. The summed E-state index contributed by atoms with van der Waals surface area (Å²) < 4.78 is 0. The summed E-state index contributed by atoms with van der Waals surface area (Å²) in [5.41, 5.74) is 5.91. The Kier molecular flexibility index (Phi) is 5.60. The van der Waals surface area contributed by atoms with Gasteiger partial charge in [-0.3, -0.25) is 0 Å². The first-order chi connectivity index (χ1) is 6.26. The summed E-state index contributed by atoms with van der Waals surface area (Å²) in [5.74, 6) is 0. The van der Waals surface area contributed by atoms with Crippen LogP contribution in [0.3, 0.4) is 0 Å². The van der Waals surface area contributed by atoms with Crippen LogP contribution in [0.4, 0.5) is 0 Å². The Balaban J connectivity index is 4.17. The Morgan fingerprint density at radius 1 is 1.43 bits per heavy atom. The molecule has 0 aliphatic rings. The minimum Gasteiger partial charge on any atom is -0.393 e. The minimum atomic E-state index is 0.332. The lowest BCUT2D eigenvalue weighted by Gasteiger charge is -2.32. The third-order valence-electron chi connectivity index (χ3n) is 2.26. The monoisotopic (exact) mass is 216 g/mol. The molecule has 0 radical (unpaired) electrons. The minimum absolute atomic E-state index is 0.332. The first kappa shape index (κ1) is 13.8. The lowest BCUT2D eigenvalue weighted by molar-refractivity contribution is 0.171. The van der Waals surface area contributed by atoms with Crippen LogP contribution in [-0.2, 0) is 0 Å². The standard InChI is InChI=1S/C11H24N2S/c1-6-9(7-10(12)14)13(5)8-11(2,3)4/h9H,6-8H2,1-5H3,(H2,12,14). The molecule has 0 aliphatic carbocycles. The Labute approximate surface area is 93.8 Å². The molecule has 2 N–H and O–H groups in total. The molecule has 0 aromatic heterocycles. The molecule has 0 saturated heterocycles. The van der Waals surface area contributed by atoms with E-state index in [1.54, 1.807) is 0 Å². The molecule has 0 saturated carbocycles. The van der Waals surface area contributed by atoms with Crippen molar-refractivity contribution in [3.8, 4) is 0 Å². The average molecular weight is 216 g/mol. The fourth-order valence-corrected chi connectivity index (χ4v) is 1.91. The molecule has 3 heteroatoms. The van der Waals surface area contributed by atoms with E-state index in [1.807, 2.05) is 0 Å². The van der Waals surface area contributed by atoms with Crippen molar-refractivity contribution < 1.29 is 0 Å². The van der Waals surface area contributed by atoms with Gasteiger partial charge in [0.25, 0.3) is 0 Å². The molecule has 0 fully saturated rings. The second-order valence-electron chi connectivity index (χ2n) is 5.21. The van der Waals surface area contributed by atoms with Crippen LogP contribution in [0.2, 0.25) is 0 Å². The van der Waals surface area contributed by atoms with Gasteiger partial charge in [0.1, 0.15) is 0 Å². The maximum absolute atomic E-state index is 5.58. The molecule has 14 heavy (non-hydrogen) atoms. The molecular formula is C11H24N2S. The van der Waals surface area contributed by atoms with Gasteiger partial charge in [0, 0.05) is 19.0 Å². The fraction of sp³-hybridized carbons (Fsp3) is 0.909. The van der Waals surface area contributed by atoms with Crippen molar-refractivity contribution in [1.29, 1.82) is 0 Å². The zero-order valence-electron chi connectivity index (χ0n) is 10.1. The maximum Gasteiger partial charge on any atom is 0.0743 e. The molecule has 0 bridgehead atoms. The van der Waals surface area contributed by atoms with Gasteiger partial charge >= 0.3 is 0 Å². The van der Waals surface area contributed by atoms with E-state index in [2.05, 4.69) is 39.6 Å². The predicted octanol–water partition coefficient (Wildman–Crippen LogP) is 2.42. The van der Waals surface area contributed by atoms with Gasteiger partial charge in [0.15, 0.2) is 0 Å². The molecule has 0 aliphatic heterocycles. The highest BCUT2D eigenvalue weighted by Crippen LogP contribution is 2.17. The highest BCUT2D eigenvalue weighted by molar-refractivity contribution is 7.80. The summed E-state index contributed by atoms with van der Waals surface area (Å²) in [7, 11) is 2.15. The van der Waals surface area contributed by atoms with Crippen molar-refractivity contribution in [2.24, 2.45) is 11.1 Å². The molecule has 2 nitrogen and oxygen atoms in total. The van der Waals surface area contributed by atoms with Crippen LogP contribution in [0.25, 0.3) is 0 Å². The first-order valence-electron chi connectivity index (χ1n) is 5.25. The van der Waals surface area contributed by atoms with E-state index in [1.165, 1.54) is 0 Å². The summed E-state index contributed by atoms with van der Waals surface area (Å²) >= 11 is 4.95. The van der Waals surface area contributed by atoms with Gasteiger partial charge in [-0.1, -0.05) is 39.9 Å². The van der Waals surface area contributed by atoms with Crippen molar-refractivity contribution in [3.05, 3.63) is 0 Å². The van der Waals surface area contributed by atoms with Crippen molar-refractivity contribution in [2.75, 3.05) is 13.6 Å². The highest BCUT2D eigenvalue weighted by atomic mass is 32.1. The summed E-state index contributed by atoms with van der Waals surface area (Å²) in [6.45, 7) is 10.0. The smallest absolute Gasteiger partial charge is 0.0743 e. The second kappa shape index (κ2) is 5.66.